The lowest BCUT2D eigenvalue weighted by molar-refractivity contribution is -0.122. The predicted octanol–water partition coefficient (Wildman–Crippen LogP) is 4.45. The number of fused-ring (bicyclic) bond motifs is 1. The summed E-state index contributed by atoms with van der Waals surface area (Å²) >= 11 is 0. The molecule has 3 aromatic heterocycles. The fourth-order valence-electron chi connectivity index (χ4n) is 6.39. The average Bonchev–Trinajstić information content (AvgIpc) is 3.81. The van der Waals surface area contributed by atoms with Gasteiger partial charge in [0.15, 0.2) is 17.0 Å². The number of aliphatic hydroxyl groups excluding tert-OH is 2. The number of carbonyl (C=O) groups excluding carboxylic acids is 1. The Labute approximate surface area is 280 Å². The van der Waals surface area contributed by atoms with E-state index in [9.17, 15) is 15.0 Å². The number of carbonyl (C=O) groups is 1. The third kappa shape index (κ3) is 7.34. The van der Waals surface area contributed by atoms with E-state index in [1.807, 2.05) is 55.8 Å². The van der Waals surface area contributed by atoms with Gasteiger partial charge >= 0.3 is 0 Å². The van der Waals surface area contributed by atoms with Gasteiger partial charge in [-0.1, -0.05) is 67.6 Å². The SMILES string of the molecule is CCCC(=O)N[C@H]1CC(n2cnc3c(NCC(c4ccccc4)c4ccccc4)nc(NCCc4cn(C(C)C)cn4)nc32)[C@H](O)[C@@H]1O. The molecule has 0 radical (unpaired) electrons. The minimum Gasteiger partial charge on any atom is -0.388 e. The summed E-state index contributed by atoms with van der Waals surface area (Å²) in [7, 11) is 0. The number of imidazole rings is 2. The molecule has 1 aliphatic carbocycles. The van der Waals surface area contributed by atoms with Crippen LogP contribution in [0.4, 0.5) is 11.8 Å². The molecule has 48 heavy (non-hydrogen) atoms. The van der Waals surface area contributed by atoms with Gasteiger partial charge in [0.1, 0.15) is 12.2 Å². The summed E-state index contributed by atoms with van der Waals surface area (Å²) in [4.78, 5) is 31.3. The molecule has 1 saturated carbocycles. The van der Waals surface area contributed by atoms with Crippen LogP contribution in [-0.4, -0.2) is 76.5 Å². The Morgan fingerprint density at radius 2 is 1.65 bits per heavy atom. The quantitative estimate of drug-likeness (QED) is 0.117. The highest BCUT2D eigenvalue weighted by atomic mass is 16.3. The topological polar surface area (TPSA) is 155 Å². The molecule has 0 saturated heterocycles. The Bertz CT molecular complexity index is 1750. The summed E-state index contributed by atoms with van der Waals surface area (Å²) in [6.07, 6.45) is 5.37. The van der Waals surface area contributed by atoms with Crippen LogP contribution in [0.5, 0.6) is 0 Å². The van der Waals surface area contributed by atoms with Gasteiger partial charge in [-0.25, -0.2) is 9.97 Å². The number of anilines is 2. The van der Waals surface area contributed by atoms with Crippen molar-refractivity contribution in [1.29, 1.82) is 0 Å². The maximum atomic E-state index is 12.3. The maximum Gasteiger partial charge on any atom is 0.226 e. The molecule has 0 spiro atoms. The molecular formula is C36H45N9O3. The highest BCUT2D eigenvalue weighted by Gasteiger charge is 2.43. The van der Waals surface area contributed by atoms with Crippen LogP contribution in [0.2, 0.25) is 0 Å². The number of nitrogens with zero attached hydrogens (tertiary/aromatic N) is 6. The van der Waals surface area contributed by atoms with Crippen molar-refractivity contribution in [2.75, 3.05) is 23.7 Å². The Morgan fingerprint density at radius 3 is 2.29 bits per heavy atom. The van der Waals surface area contributed by atoms with E-state index in [4.69, 9.17) is 15.0 Å². The van der Waals surface area contributed by atoms with Gasteiger partial charge in [-0.05, 0) is 37.8 Å². The van der Waals surface area contributed by atoms with E-state index in [-0.39, 0.29) is 11.8 Å². The number of nitrogens with one attached hydrogen (secondary N) is 3. The summed E-state index contributed by atoms with van der Waals surface area (Å²) in [5, 5.41) is 31.9. The van der Waals surface area contributed by atoms with Gasteiger partial charge in [0.2, 0.25) is 11.9 Å². The van der Waals surface area contributed by atoms with Crippen LogP contribution in [0, 0.1) is 0 Å². The van der Waals surface area contributed by atoms with Crippen LogP contribution < -0.4 is 16.0 Å². The standard InChI is InChI=1S/C36H45N9O3/c1-4-11-30(46)41-28-18-29(33(48)32(28)47)45-22-40-31-34(38-19-27(24-12-7-5-8-13-24)25-14-9-6-10-15-25)42-36(43-35(31)45)37-17-16-26-20-44(21-39-26)23(2)3/h5-10,12-15,20-23,27-29,32-33,47-48H,4,11,16-19H2,1-3H3,(H,41,46)(H2,37,38,42,43)/t28-,29?,32+,33-/m0/s1. The summed E-state index contributed by atoms with van der Waals surface area (Å²) in [5.41, 5.74) is 4.38. The van der Waals surface area contributed by atoms with Crippen molar-refractivity contribution in [1.82, 2.24) is 34.4 Å². The average molecular weight is 652 g/mol. The Balaban J connectivity index is 1.30. The normalized spacial score (nSPS) is 19.3. The van der Waals surface area contributed by atoms with Crippen molar-refractivity contribution < 1.29 is 15.0 Å². The summed E-state index contributed by atoms with van der Waals surface area (Å²) < 4.78 is 3.87. The first-order valence-corrected chi connectivity index (χ1v) is 16.8. The van der Waals surface area contributed by atoms with Crippen LogP contribution in [0.25, 0.3) is 11.2 Å². The summed E-state index contributed by atoms with van der Waals surface area (Å²) in [6.45, 7) is 7.27. The van der Waals surface area contributed by atoms with E-state index in [2.05, 4.69) is 63.6 Å². The number of aliphatic hydroxyl groups is 2. The van der Waals surface area contributed by atoms with Crippen molar-refractivity contribution in [2.24, 2.45) is 0 Å². The van der Waals surface area contributed by atoms with Gasteiger partial charge < -0.3 is 35.3 Å². The zero-order valence-electron chi connectivity index (χ0n) is 27.7. The van der Waals surface area contributed by atoms with Gasteiger partial charge in [0, 0.05) is 44.1 Å². The smallest absolute Gasteiger partial charge is 0.226 e. The first-order chi connectivity index (χ1) is 23.3. The number of aromatic nitrogens is 6. The third-order valence-electron chi connectivity index (χ3n) is 9.05. The van der Waals surface area contributed by atoms with Crippen molar-refractivity contribution in [3.05, 3.63) is 96.3 Å². The van der Waals surface area contributed by atoms with Crippen LogP contribution in [0.15, 0.2) is 79.5 Å². The zero-order chi connectivity index (χ0) is 33.6. The second-order valence-electron chi connectivity index (χ2n) is 12.8. The highest BCUT2D eigenvalue weighted by Crippen LogP contribution is 2.35. The van der Waals surface area contributed by atoms with E-state index in [0.717, 1.165) is 5.69 Å². The van der Waals surface area contributed by atoms with Crippen molar-refractivity contribution in [2.45, 2.75) is 82.7 Å². The van der Waals surface area contributed by atoms with Crippen LogP contribution in [-0.2, 0) is 11.2 Å². The second kappa shape index (κ2) is 15.0. The number of benzene rings is 2. The Morgan fingerprint density at radius 1 is 0.938 bits per heavy atom. The first kappa shape index (κ1) is 33.1. The van der Waals surface area contributed by atoms with Crippen LogP contribution in [0.1, 0.15) is 74.9 Å². The lowest BCUT2D eigenvalue weighted by atomic mass is 9.91. The predicted molar refractivity (Wildman–Crippen MR) is 186 cm³/mol. The van der Waals surface area contributed by atoms with E-state index in [0.29, 0.717) is 67.7 Å². The van der Waals surface area contributed by atoms with Crippen LogP contribution >= 0.6 is 0 Å². The maximum absolute atomic E-state index is 12.3. The van der Waals surface area contributed by atoms with Crippen LogP contribution in [0.3, 0.4) is 0 Å². The molecule has 1 fully saturated rings. The van der Waals surface area contributed by atoms with Gasteiger partial charge in [-0.15, -0.1) is 0 Å². The molecule has 0 bridgehead atoms. The molecule has 2 aromatic carbocycles. The minimum atomic E-state index is -1.12. The van der Waals surface area contributed by atoms with Gasteiger partial charge in [-0.2, -0.15) is 9.97 Å². The number of hydrogen-bond acceptors (Lipinski definition) is 9. The van der Waals surface area contributed by atoms with Gasteiger partial charge in [0.25, 0.3) is 0 Å². The molecule has 12 nitrogen and oxygen atoms in total. The monoisotopic (exact) mass is 651 g/mol. The molecular weight excluding hydrogens is 606 g/mol. The van der Waals surface area contributed by atoms with E-state index in [1.165, 1.54) is 11.1 Å². The Kier molecular flexibility index (Phi) is 10.3. The van der Waals surface area contributed by atoms with Crippen molar-refractivity contribution in [3.8, 4) is 0 Å². The fourth-order valence-corrected chi connectivity index (χ4v) is 6.39. The van der Waals surface area contributed by atoms with Gasteiger partial charge in [0.05, 0.1) is 30.4 Å². The Hall–Kier alpha value is -4.81. The van der Waals surface area contributed by atoms with E-state index >= 15 is 0 Å². The lowest BCUT2D eigenvalue weighted by Crippen LogP contribution is -2.42. The highest BCUT2D eigenvalue weighted by molar-refractivity contribution is 5.84. The number of amides is 1. The molecule has 5 aromatic rings. The van der Waals surface area contributed by atoms with E-state index < -0.39 is 24.3 Å². The molecule has 1 amide bonds. The minimum absolute atomic E-state index is 0.0475. The molecule has 1 aliphatic rings. The number of hydrogen-bond donors (Lipinski definition) is 5. The van der Waals surface area contributed by atoms with Crippen molar-refractivity contribution in [3.63, 3.8) is 0 Å². The lowest BCUT2D eigenvalue weighted by Gasteiger charge is -2.20. The summed E-state index contributed by atoms with van der Waals surface area (Å²) in [6, 6.07) is 19.9. The van der Waals surface area contributed by atoms with Crippen molar-refractivity contribution >= 4 is 28.8 Å². The first-order valence-electron chi connectivity index (χ1n) is 16.8. The molecule has 1 unspecified atom stereocenters. The second-order valence-corrected chi connectivity index (χ2v) is 12.8. The fraction of sp³-hybridized carbons (Fsp3) is 0.417. The molecule has 6 rings (SSSR count). The largest absolute Gasteiger partial charge is 0.388 e. The summed E-state index contributed by atoms with van der Waals surface area (Å²) in [5.74, 6) is 0.871. The molecule has 0 aliphatic heterocycles. The third-order valence-corrected chi connectivity index (χ3v) is 9.05. The van der Waals surface area contributed by atoms with Gasteiger partial charge in [-0.3, -0.25) is 4.79 Å². The zero-order valence-corrected chi connectivity index (χ0v) is 27.7. The van der Waals surface area contributed by atoms with E-state index in [1.54, 1.807) is 10.9 Å². The molecule has 3 heterocycles. The molecule has 5 N–H and O–H groups in total. The molecule has 252 valence electrons. The molecule has 4 atom stereocenters. The molecule has 12 heteroatoms. The number of rotatable bonds is 14.